The van der Waals surface area contributed by atoms with Gasteiger partial charge in [0.15, 0.2) is 12.4 Å². The largest absolute Gasteiger partial charge is 0.459 e. The minimum atomic E-state index is -0.763. The summed E-state index contributed by atoms with van der Waals surface area (Å²) >= 11 is 5.75. The van der Waals surface area contributed by atoms with Crippen LogP contribution in [0.4, 0.5) is 0 Å². The van der Waals surface area contributed by atoms with Gasteiger partial charge in [0, 0.05) is 23.6 Å². The molecule has 1 aromatic carbocycles. The van der Waals surface area contributed by atoms with Crippen LogP contribution in [0.1, 0.15) is 33.8 Å². The van der Waals surface area contributed by atoms with Crippen LogP contribution in [0.25, 0.3) is 0 Å². The molecule has 1 heterocycles. The molecule has 0 spiro atoms. The van der Waals surface area contributed by atoms with Gasteiger partial charge in [-0.2, -0.15) is 0 Å². The van der Waals surface area contributed by atoms with Gasteiger partial charge in [0.2, 0.25) is 0 Å². The van der Waals surface area contributed by atoms with E-state index in [9.17, 15) is 19.2 Å². The molecule has 142 valence electrons. The Hall–Kier alpha value is -3.13. The lowest BCUT2D eigenvalue weighted by Crippen LogP contribution is -2.34. The molecule has 0 saturated heterocycles. The van der Waals surface area contributed by atoms with Crippen molar-refractivity contribution in [3.05, 3.63) is 59.0 Å². The van der Waals surface area contributed by atoms with E-state index < -0.39 is 24.4 Å². The van der Waals surface area contributed by atoms with Crippen molar-refractivity contribution in [2.24, 2.45) is 0 Å². The maximum Gasteiger partial charge on any atom is 0.306 e. The molecule has 2 rings (SSSR count). The number of hydrogen-bond donors (Lipinski definition) is 2. The van der Waals surface area contributed by atoms with Crippen molar-refractivity contribution in [2.75, 3.05) is 13.2 Å². The molecule has 1 aromatic heterocycles. The Morgan fingerprint density at radius 1 is 1.04 bits per heavy atom. The van der Waals surface area contributed by atoms with E-state index in [2.05, 4.69) is 5.32 Å². The lowest BCUT2D eigenvalue weighted by atomic mass is 10.2. The number of amides is 3. The smallest absolute Gasteiger partial charge is 0.306 e. The van der Waals surface area contributed by atoms with E-state index in [0.29, 0.717) is 17.0 Å². The maximum atomic E-state index is 11.9. The normalized spacial score (nSPS) is 10.1. The lowest BCUT2D eigenvalue weighted by molar-refractivity contribution is -0.148. The third-order valence-electron chi connectivity index (χ3n) is 3.31. The molecule has 8 nitrogen and oxygen atoms in total. The number of carbonyl (C=O) groups is 4. The van der Waals surface area contributed by atoms with Crippen molar-refractivity contribution in [3.8, 4) is 0 Å². The fourth-order valence-corrected chi connectivity index (χ4v) is 2.11. The molecule has 0 bridgehead atoms. The number of imide groups is 1. The van der Waals surface area contributed by atoms with Crippen LogP contribution in [0.5, 0.6) is 0 Å². The zero-order chi connectivity index (χ0) is 19.6. The van der Waals surface area contributed by atoms with Crippen molar-refractivity contribution in [1.82, 2.24) is 10.6 Å². The molecule has 2 aromatic rings. The van der Waals surface area contributed by atoms with Crippen LogP contribution in [0.3, 0.4) is 0 Å². The number of rotatable bonds is 8. The van der Waals surface area contributed by atoms with Gasteiger partial charge < -0.3 is 14.5 Å². The van der Waals surface area contributed by atoms with Crippen molar-refractivity contribution < 1.29 is 28.3 Å². The topological polar surface area (TPSA) is 115 Å². The van der Waals surface area contributed by atoms with Crippen molar-refractivity contribution in [2.45, 2.75) is 12.8 Å². The number of halogens is 1. The molecule has 27 heavy (non-hydrogen) atoms. The Balaban J connectivity index is 1.59. The molecular formula is C18H17ClN2O6. The molecule has 2 N–H and O–H groups in total. The first kappa shape index (κ1) is 20.2. The standard InChI is InChI=1S/C18H17ClN2O6/c19-13-7-5-12(6-8-13)17(24)20-9-1-4-16(23)27-11-15(22)21-18(25)14-3-2-10-26-14/h2-3,5-8,10H,1,4,9,11H2,(H,20,24)(H,21,22,25). The third-order valence-corrected chi connectivity index (χ3v) is 3.56. The summed E-state index contributed by atoms with van der Waals surface area (Å²) in [4.78, 5) is 46.5. The van der Waals surface area contributed by atoms with Crippen LogP contribution in [-0.2, 0) is 14.3 Å². The number of esters is 1. The molecule has 0 saturated carbocycles. The summed E-state index contributed by atoms with van der Waals surface area (Å²) in [5.41, 5.74) is 0.458. The first-order valence-electron chi connectivity index (χ1n) is 8.03. The van der Waals surface area contributed by atoms with Gasteiger partial charge in [-0.1, -0.05) is 11.6 Å². The number of ether oxygens (including phenoxy) is 1. The van der Waals surface area contributed by atoms with Crippen LogP contribution >= 0.6 is 11.6 Å². The average molecular weight is 393 g/mol. The predicted octanol–water partition coefficient (Wildman–Crippen LogP) is 1.94. The van der Waals surface area contributed by atoms with Gasteiger partial charge in [0.05, 0.1) is 6.26 Å². The monoisotopic (exact) mass is 392 g/mol. The number of nitrogens with one attached hydrogen (secondary N) is 2. The lowest BCUT2D eigenvalue weighted by Gasteiger charge is -2.06. The highest BCUT2D eigenvalue weighted by molar-refractivity contribution is 6.30. The fourth-order valence-electron chi connectivity index (χ4n) is 1.99. The summed E-state index contributed by atoms with van der Waals surface area (Å²) in [6.07, 6.45) is 1.65. The third kappa shape index (κ3) is 6.95. The molecule has 0 aliphatic heterocycles. The van der Waals surface area contributed by atoms with Crippen molar-refractivity contribution in [3.63, 3.8) is 0 Å². The highest BCUT2D eigenvalue weighted by atomic mass is 35.5. The van der Waals surface area contributed by atoms with Gasteiger partial charge in [-0.05, 0) is 42.8 Å². The summed E-state index contributed by atoms with van der Waals surface area (Å²) < 4.78 is 9.60. The number of carbonyl (C=O) groups excluding carboxylic acids is 4. The Morgan fingerprint density at radius 2 is 1.78 bits per heavy atom. The Morgan fingerprint density at radius 3 is 2.44 bits per heavy atom. The molecule has 0 aliphatic rings. The molecular weight excluding hydrogens is 376 g/mol. The van der Waals surface area contributed by atoms with E-state index in [1.54, 1.807) is 24.3 Å². The minimum Gasteiger partial charge on any atom is -0.459 e. The van der Waals surface area contributed by atoms with E-state index in [0.717, 1.165) is 0 Å². The first-order valence-corrected chi connectivity index (χ1v) is 8.40. The molecule has 0 aliphatic carbocycles. The van der Waals surface area contributed by atoms with Gasteiger partial charge in [-0.15, -0.1) is 0 Å². The van der Waals surface area contributed by atoms with Crippen LogP contribution in [0, 0.1) is 0 Å². The van der Waals surface area contributed by atoms with Crippen LogP contribution in [0.2, 0.25) is 5.02 Å². The van der Waals surface area contributed by atoms with Gasteiger partial charge in [0.25, 0.3) is 17.7 Å². The second-order valence-corrected chi connectivity index (χ2v) is 5.82. The fraction of sp³-hybridized carbons (Fsp3) is 0.222. The van der Waals surface area contributed by atoms with Crippen LogP contribution in [-0.4, -0.2) is 36.8 Å². The number of benzene rings is 1. The zero-order valence-electron chi connectivity index (χ0n) is 14.2. The van der Waals surface area contributed by atoms with Gasteiger partial charge >= 0.3 is 5.97 Å². The maximum absolute atomic E-state index is 11.9. The summed E-state index contributed by atoms with van der Waals surface area (Å²) in [5.74, 6) is -2.40. The van der Waals surface area contributed by atoms with Gasteiger partial charge in [-0.25, -0.2) is 0 Å². The van der Waals surface area contributed by atoms with E-state index >= 15 is 0 Å². The van der Waals surface area contributed by atoms with Gasteiger partial charge in [-0.3, -0.25) is 24.5 Å². The molecule has 9 heteroatoms. The van der Waals surface area contributed by atoms with Gasteiger partial charge in [0.1, 0.15) is 0 Å². The van der Waals surface area contributed by atoms with E-state index in [4.69, 9.17) is 20.8 Å². The summed E-state index contributed by atoms with van der Waals surface area (Å²) in [6.45, 7) is -0.317. The zero-order valence-corrected chi connectivity index (χ0v) is 15.0. The van der Waals surface area contributed by atoms with Crippen molar-refractivity contribution >= 4 is 35.3 Å². The summed E-state index contributed by atoms with van der Waals surface area (Å²) in [5, 5.41) is 5.21. The highest BCUT2D eigenvalue weighted by Crippen LogP contribution is 2.09. The minimum absolute atomic E-state index is 0.0142. The SMILES string of the molecule is O=C(COC(=O)CCCNC(=O)c1ccc(Cl)cc1)NC(=O)c1ccco1. The van der Waals surface area contributed by atoms with Crippen LogP contribution in [0.15, 0.2) is 47.1 Å². The summed E-state index contributed by atoms with van der Waals surface area (Å²) in [6, 6.07) is 9.30. The Bertz CT molecular complexity index is 802. The van der Waals surface area contributed by atoms with E-state index in [1.165, 1.54) is 18.4 Å². The van der Waals surface area contributed by atoms with E-state index in [1.807, 2.05) is 5.32 Å². The molecule has 0 radical (unpaired) electrons. The van der Waals surface area contributed by atoms with Crippen LogP contribution < -0.4 is 10.6 Å². The first-order chi connectivity index (χ1) is 13.0. The molecule has 3 amide bonds. The Labute approximate surface area is 159 Å². The second kappa shape index (κ2) is 10.1. The summed E-state index contributed by atoms with van der Waals surface area (Å²) in [7, 11) is 0. The van der Waals surface area contributed by atoms with E-state index in [-0.39, 0.29) is 24.6 Å². The van der Waals surface area contributed by atoms with Crippen molar-refractivity contribution in [1.29, 1.82) is 0 Å². The molecule has 0 fully saturated rings. The quantitative estimate of drug-likeness (QED) is 0.524. The second-order valence-electron chi connectivity index (χ2n) is 5.38. The molecule has 0 atom stereocenters. The average Bonchev–Trinajstić information content (AvgIpc) is 3.19. The molecule has 0 unspecified atom stereocenters. The Kier molecular flexibility index (Phi) is 7.57. The number of furan rings is 1. The number of hydrogen-bond acceptors (Lipinski definition) is 6. The highest BCUT2D eigenvalue weighted by Gasteiger charge is 2.14. The predicted molar refractivity (Wildman–Crippen MR) is 95.2 cm³/mol.